The van der Waals surface area contributed by atoms with Crippen LogP contribution in [0.15, 0.2) is 41.1 Å². The van der Waals surface area contributed by atoms with Crippen molar-refractivity contribution < 1.29 is 4.79 Å². The molecule has 0 radical (unpaired) electrons. The Labute approximate surface area is 149 Å². The summed E-state index contributed by atoms with van der Waals surface area (Å²) in [5.74, 6) is 1.20. The summed E-state index contributed by atoms with van der Waals surface area (Å²) in [6, 6.07) is 9.98. The van der Waals surface area contributed by atoms with Gasteiger partial charge in [0.15, 0.2) is 0 Å². The first-order valence-electron chi connectivity index (χ1n) is 8.28. The lowest BCUT2D eigenvalue weighted by Gasteiger charge is -2.09. The first kappa shape index (κ1) is 15.8. The fourth-order valence-electron chi connectivity index (χ4n) is 2.73. The number of carbonyl (C=O) groups excluding carboxylic acids is 1. The predicted octanol–water partition coefficient (Wildman–Crippen LogP) is 3.85. The molecule has 25 heavy (non-hydrogen) atoms. The molecule has 0 aliphatic heterocycles. The van der Waals surface area contributed by atoms with Crippen molar-refractivity contribution in [1.29, 1.82) is 0 Å². The molecule has 6 nitrogen and oxygen atoms in total. The zero-order valence-electron chi connectivity index (χ0n) is 13.9. The smallest absolute Gasteiger partial charge is 0.258 e. The van der Waals surface area contributed by atoms with Gasteiger partial charge >= 0.3 is 0 Å². The van der Waals surface area contributed by atoms with Gasteiger partial charge in [0.05, 0.1) is 0 Å². The number of anilines is 2. The number of thiophene rings is 1. The van der Waals surface area contributed by atoms with Gasteiger partial charge in [0, 0.05) is 23.8 Å². The molecule has 1 aromatic carbocycles. The Bertz CT molecular complexity index is 866. The van der Waals surface area contributed by atoms with Crippen LogP contribution in [0.5, 0.6) is 0 Å². The third-order valence-corrected chi connectivity index (χ3v) is 4.96. The third kappa shape index (κ3) is 3.56. The van der Waals surface area contributed by atoms with Crippen LogP contribution in [-0.4, -0.2) is 20.7 Å². The molecule has 1 aliphatic rings. The Morgan fingerprint density at radius 1 is 1.24 bits per heavy atom. The van der Waals surface area contributed by atoms with E-state index in [1.165, 1.54) is 5.56 Å². The van der Waals surface area contributed by atoms with Crippen LogP contribution in [0.4, 0.5) is 11.6 Å². The monoisotopic (exact) mass is 353 g/mol. The maximum atomic E-state index is 12.5. The number of carbonyl (C=O) groups is 1. The Morgan fingerprint density at radius 2 is 2.04 bits per heavy atom. The van der Waals surface area contributed by atoms with Crippen molar-refractivity contribution in [3.8, 4) is 0 Å². The van der Waals surface area contributed by atoms with Crippen LogP contribution in [-0.2, 0) is 6.54 Å². The molecule has 4 rings (SSSR count). The maximum Gasteiger partial charge on any atom is 0.258 e. The van der Waals surface area contributed by atoms with E-state index < -0.39 is 0 Å². The number of hydrogen-bond acceptors (Lipinski definition) is 5. The van der Waals surface area contributed by atoms with E-state index in [9.17, 15) is 4.79 Å². The molecule has 128 valence electrons. The highest BCUT2D eigenvalue weighted by Crippen LogP contribution is 2.37. The largest absolute Gasteiger partial charge is 0.381 e. The van der Waals surface area contributed by atoms with E-state index in [1.54, 1.807) is 11.3 Å². The SMILES string of the molecule is Cc1nnc(NC(=O)c2ccc(NCc3ccsc3)cc2)n1C1CC1. The molecule has 3 aromatic rings. The van der Waals surface area contributed by atoms with Gasteiger partial charge in [-0.15, -0.1) is 10.2 Å². The number of rotatable bonds is 6. The highest BCUT2D eigenvalue weighted by Gasteiger charge is 2.28. The van der Waals surface area contributed by atoms with Crippen LogP contribution in [0, 0.1) is 6.92 Å². The zero-order valence-corrected chi connectivity index (χ0v) is 14.7. The van der Waals surface area contributed by atoms with Crippen LogP contribution in [0.25, 0.3) is 0 Å². The second kappa shape index (κ2) is 6.68. The van der Waals surface area contributed by atoms with Crippen LogP contribution in [0.1, 0.15) is 40.6 Å². The van der Waals surface area contributed by atoms with E-state index in [0.717, 1.165) is 30.9 Å². The van der Waals surface area contributed by atoms with E-state index in [2.05, 4.69) is 37.7 Å². The third-order valence-electron chi connectivity index (χ3n) is 4.23. The maximum absolute atomic E-state index is 12.5. The predicted molar refractivity (Wildman–Crippen MR) is 99.1 cm³/mol. The van der Waals surface area contributed by atoms with Crippen LogP contribution in [0.2, 0.25) is 0 Å². The van der Waals surface area contributed by atoms with Crippen molar-refractivity contribution in [3.63, 3.8) is 0 Å². The van der Waals surface area contributed by atoms with Crippen molar-refractivity contribution in [3.05, 3.63) is 58.0 Å². The number of nitrogens with zero attached hydrogens (tertiary/aromatic N) is 3. The van der Waals surface area contributed by atoms with E-state index in [0.29, 0.717) is 17.6 Å². The molecule has 0 unspecified atom stereocenters. The number of amides is 1. The summed E-state index contributed by atoms with van der Waals surface area (Å²) in [5, 5.41) is 18.6. The molecule has 1 saturated carbocycles. The lowest BCUT2D eigenvalue weighted by atomic mass is 10.2. The quantitative estimate of drug-likeness (QED) is 0.706. The van der Waals surface area contributed by atoms with Crippen molar-refractivity contribution in [1.82, 2.24) is 14.8 Å². The van der Waals surface area contributed by atoms with Gasteiger partial charge in [-0.3, -0.25) is 14.7 Å². The van der Waals surface area contributed by atoms with E-state index in [4.69, 9.17) is 0 Å². The lowest BCUT2D eigenvalue weighted by molar-refractivity contribution is 0.102. The molecule has 0 saturated heterocycles. The van der Waals surface area contributed by atoms with Crippen molar-refractivity contribution in [2.24, 2.45) is 0 Å². The molecular formula is C18H19N5OS. The van der Waals surface area contributed by atoms with Crippen molar-refractivity contribution in [2.75, 3.05) is 10.6 Å². The molecule has 7 heteroatoms. The van der Waals surface area contributed by atoms with Gasteiger partial charge in [-0.25, -0.2) is 0 Å². The van der Waals surface area contributed by atoms with Crippen LogP contribution >= 0.6 is 11.3 Å². The summed E-state index contributed by atoms with van der Waals surface area (Å²) >= 11 is 1.69. The molecule has 0 bridgehead atoms. The highest BCUT2D eigenvalue weighted by molar-refractivity contribution is 7.07. The van der Waals surface area contributed by atoms with Gasteiger partial charge in [0.25, 0.3) is 5.91 Å². The fraction of sp³-hybridized carbons (Fsp3) is 0.278. The molecule has 1 amide bonds. The molecule has 1 fully saturated rings. The minimum Gasteiger partial charge on any atom is -0.381 e. The molecule has 2 heterocycles. The summed E-state index contributed by atoms with van der Waals surface area (Å²) in [7, 11) is 0. The summed E-state index contributed by atoms with van der Waals surface area (Å²) in [6.45, 7) is 2.69. The van der Waals surface area contributed by atoms with Gasteiger partial charge in [-0.2, -0.15) is 11.3 Å². The average molecular weight is 353 g/mol. The van der Waals surface area contributed by atoms with Crippen LogP contribution in [0.3, 0.4) is 0 Å². The minimum atomic E-state index is -0.168. The van der Waals surface area contributed by atoms with Gasteiger partial charge in [-0.1, -0.05) is 0 Å². The standard InChI is InChI=1S/C18H19N5OS/c1-12-21-22-18(23(12)16-6-7-16)20-17(24)14-2-4-15(5-3-14)19-10-13-8-9-25-11-13/h2-5,8-9,11,16,19H,6-7,10H2,1H3,(H,20,22,24). The Hall–Kier alpha value is -2.67. The molecule has 2 N–H and O–H groups in total. The molecular weight excluding hydrogens is 334 g/mol. The Morgan fingerprint density at radius 3 is 2.72 bits per heavy atom. The number of aryl methyl sites for hydroxylation is 1. The Kier molecular flexibility index (Phi) is 4.23. The second-order valence-corrected chi connectivity index (χ2v) is 6.97. The Balaban J connectivity index is 1.40. The second-order valence-electron chi connectivity index (χ2n) is 6.19. The van der Waals surface area contributed by atoms with E-state index in [-0.39, 0.29) is 5.91 Å². The van der Waals surface area contributed by atoms with E-state index in [1.807, 2.05) is 35.8 Å². The normalized spacial score (nSPS) is 13.6. The molecule has 1 aliphatic carbocycles. The topological polar surface area (TPSA) is 71.8 Å². The molecule has 0 spiro atoms. The summed E-state index contributed by atoms with van der Waals surface area (Å²) < 4.78 is 2.01. The first-order chi connectivity index (χ1) is 12.2. The average Bonchev–Trinajstić information content (AvgIpc) is 3.18. The number of aromatic nitrogens is 3. The van der Waals surface area contributed by atoms with Gasteiger partial charge in [0.2, 0.25) is 5.95 Å². The minimum absolute atomic E-state index is 0.168. The molecule has 0 atom stereocenters. The van der Waals surface area contributed by atoms with Gasteiger partial charge in [-0.05, 0) is 66.4 Å². The number of benzene rings is 1. The van der Waals surface area contributed by atoms with Crippen LogP contribution < -0.4 is 10.6 Å². The van der Waals surface area contributed by atoms with Gasteiger partial charge < -0.3 is 5.32 Å². The first-order valence-corrected chi connectivity index (χ1v) is 9.23. The van der Waals surface area contributed by atoms with Crippen molar-refractivity contribution >= 4 is 28.9 Å². The lowest BCUT2D eigenvalue weighted by Crippen LogP contribution is -2.16. The highest BCUT2D eigenvalue weighted by atomic mass is 32.1. The molecule has 2 aromatic heterocycles. The number of nitrogens with one attached hydrogen (secondary N) is 2. The summed E-state index contributed by atoms with van der Waals surface area (Å²) in [6.07, 6.45) is 2.23. The number of hydrogen-bond donors (Lipinski definition) is 2. The summed E-state index contributed by atoms with van der Waals surface area (Å²) in [4.78, 5) is 12.5. The van der Waals surface area contributed by atoms with E-state index >= 15 is 0 Å². The summed E-state index contributed by atoms with van der Waals surface area (Å²) in [5.41, 5.74) is 2.84. The fourth-order valence-corrected chi connectivity index (χ4v) is 3.40. The van der Waals surface area contributed by atoms with Gasteiger partial charge in [0.1, 0.15) is 5.82 Å². The zero-order chi connectivity index (χ0) is 17.2. The van der Waals surface area contributed by atoms with Crippen molar-refractivity contribution in [2.45, 2.75) is 32.4 Å².